The molecule has 138 valence electrons. The molecule has 0 aliphatic carbocycles. The second-order valence-corrected chi connectivity index (χ2v) is 8.72. The zero-order chi connectivity index (χ0) is 18.9. The molecule has 3 rings (SSSR count). The summed E-state index contributed by atoms with van der Waals surface area (Å²) < 4.78 is 32.9. The summed E-state index contributed by atoms with van der Waals surface area (Å²) in [5, 5.41) is 7.69. The van der Waals surface area contributed by atoms with Crippen LogP contribution >= 0.6 is 11.6 Å². The Hall–Kier alpha value is -2.19. The van der Waals surface area contributed by atoms with E-state index in [1.165, 1.54) is 6.20 Å². The van der Waals surface area contributed by atoms with E-state index in [0.717, 1.165) is 11.4 Å². The highest BCUT2D eigenvalue weighted by Gasteiger charge is 2.29. The zero-order valence-electron chi connectivity index (χ0n) is 14.7. The molecule has 2 heterocycles. The molecule has 2 aromatic heterocycles. The molecule has 0 radical (unpaired) electrons. The van der Waals surface area contributed by atoms with Crippen molar-refractivity contribution in [2.75, 3.05) is 0 Å². The van der Waals surface area contributed by atoms with Crippen LogP contribution in [0.4, 0.5) is 0 Å². The molecule has 0 aliphatic rings. The number of oxazole rings is 1. The summed E-state index contributed by atoms with van der Waals surface area (Å²) in [7, 11) is -1.80. The van der Waals surface area contributed by atoms with Crippen molar-refractivity contribution in [1.29, 1.82) is 0 Å². The Morgan fingerprint density at radius 1 is 1.19 bits per heavy atom. The number of benzene rings is 1. The van der Waals surface area contributed by atoms with Crippen LogP contribution in [0.5, 0.6) is 0 Å². The molecule has 1 unspecified atom stereocenters. The van der Waals surface area contributed by atoms with Gasteiger partial charge in [-0.3, -0.25) is 0 Å². The topological polar surface area (TPSA) is 90.9 Å². The van der Waals surface area contributed by atoms with E-state index < -0.39 is 15.1 Å². The molecule has 0 saturated carbocycles. The summed E-state index contributed by atoms with van der Waals surface area (Å²) in [6.07, 6.45) is 2.20. The van der Waals surface area contributed by atoms with Crippen LogP contribution in [0.25, 0.3) is 11.3 Å². The van der Waals surface area contributed by atoms with E-state index in [4.69, 9.17) is 16.0 Å². The van der Waals surface area contributed by atoms with E-state index in [2.05, 4.69) is 15.2 Å². The molecule has 0 N–H and O–H groups in total. The maximum atomic E-state index is 12.7. The van der Waals surface area contributed by atoms with Crippen LogP contribution in [0.2, 0.25) is 5.02 Å². The van der Waals surface area contributed by atoms with Crippen LogP contribution < -0.4 is 0 Å². The van der Waals surface area contributed by atoms with Crippen LogP contribution in [0, 0.1) is 0 Å². The van der Waals surface area contributed by atoms with Crippen molar-refractivity contribution in [2.45, 2.75) is 31.3 Å². The molecule has 0 bridgehead atoms. The molecule has 0 fully saturated rings. The molecule has 1 aromatic carbocycles. The van der Waals surface area contributed by atoms with Crippen molar-refractivity contribution in [2.24, 2.45) is 7.05 Å². The van der Waals surface area contributed by atoms with Gasteiger partial charge in [0.05, 0.1) is 6.20 Å². The van der Waals surface area contributed by atoms with Crippen molar-refractivity contribution in [3.8, 4) is 11.3 Å². The Morgan fingerprint density at radius 3 is 2.46 bits per heavy atom. The summed E-state index contributed by atoms with van der Waals surface area (Å²) in [4.78, 5) is 4.14. The summed E-state index contributed by atoms with van der Waals surface area (Å²) in [6, 6.07) is 7.05. The third-order valence-corrected chi connectivity index (χ3v) is 6.43. The predicted molar refractivity (Wildman–Crippen MR) is 98.4 cm³/mol. The van der Waals surface area contributed by atoms with E-state index >= 15 is 0 Å². The molecule has 0 amide bonds. The number of aryl methyl sites for hydroxylation is 1. The van der Waals surface area contributed by atoms with Gasteiger partial charge in [0.2, 0.25) is 5.89 Å². The largest absolute Gasteiger partial charge is 0.439 e. The standard InChI is InChI=1S/C17H19ClN4O3S/c1-4-15-20-21-16(22(15)3)10-26(23,24)11(2)17-19-9-14(25-17)12-5-7-13(18)8-6-12/h5-9,11H,4,10H2,1-3H3. The molecular formula is C17H19ClN4O3S. The van der Waals surface area contributed by atoms with Crippen molar-refractivity contribution < 1.29 is 12.8 Å². The van der Waals surface area contributed by atoms with Gasteiger partial charge in [-0.1, -0.05) is 18.5 Å². The molecule has 3 aromatic rings. The lowest BCUT2D eigenvalue weighted by Gasteiger charge is -2.09. The van der Waals surface area contributed by atoms with Crippen LogP contribution in [-0.4, -0.2) is 28.2 Å². The SMILES string of the molecule is CCc1nnc(CS(=O)(=O)C(C)c2ncc(-c3ccc(Cl)cc3)o2)n1C. The maximum absolute atomic E-state index is 12.7. The highest BCUT2D eigenvalue weighted by atomic mass is 35.5. The Labute approximate surface area is 157 Å². The second-order valence-electron chi connectivity index (χ2n) is 5.96. The third-order valence-electron chi connectivity index (χ3n) is 4.24. The predicted octanol–water partition coefficient (Wildman–Crippen LogP) is 3.36. The quantitative estimate of drug-likeness (QED) is 0.636. The lowest BCUT2D eigenvalue weighted by Crippen LogP contribution is -2.16. The number of halogens is 1. The molecule has 1 atom stereocenters. The fraction of sp³-hybridized carbons (Fsp3) is 0.353. The Morgan fingerprint density at radius 2 is 1.85 bits per heavy atom. The fourth-order valence-electron chi connectivity index (χ4n) is 2.51. The lowest BCUT2D eigenvalue weighted by atomic mass is 10.2. The minimum atomic E-state index is -3.56. The van der Waals surface area contributed by atoms with Gasteiger partial charge < -0.3 is 8.98 Å². The van der Waals surface area contributed by atoms with Crippen LogP contribution in [-0.2, 0) is 29.1 Å². The second kappa shape index (κ2) is 7.20. The first-order valence-electron chi connectivity index (χ1n) is 8.12. The van der Waals surface area contributed by atoms with Gasteiger partial charge in [-0.2, -0.15) is 0 Å². The van der Waals surface area contributed by atoms with Gasteiger partial charge in [-0.15, -0.1) is 10.2 Å². The lowest BCUT2D eigenvalue weighted by molar-refractivity contribution is 0.494. The van der Waals surface area contributed by atoms with E-state index in [1.807, 2.05) is 6.92 Å². The number of aromatic nitrogens is 4. The van der Waals surface area contributed by atoms with Crippen molar-refractivity contribution >= 4 is 21.4 Å². The van der Waals surface area contributed by atoms with Crippen LogP contribution in [0.1, 0.15) is 36.6 Å². The number of nitrogens with zero attached hydrogens (tertiary/aromatic N) is 4. The maximum Gasteiger partial charge on any atom is 0.212 e. The van der Waals surface area contributed by atoms with E-state index in [0.29, 0.717) is 23.0 Å². The Kier molecular flexibility index (Phi) is 5.15. The fourth-order valence-corrected chi connectivity index (χ4v) is 3.92. The first-order valence-corrected chi connectivity index (χ1v) is 10.2. The summed E-state index contributed by atoms with van der Waals surface area (Å²) >= 11 is 5.88. The van der Waals surface area contributed by atoms with Crippen molar-refractivity contribution in [3.63, 3.8) is 0 Å². The van der Waals surface area contributed by atoms with Crippen molar-refractivity contribution in [1.82, 2.24) is 19.7 Å². The monoisotopic (exact) mass is 394 g/mol. The first kappa shape index (κ1) is 18.6. The summed E-state index contributed by atoms with van der Waals surface area (Å²) in [5.41, 5.74) is 0.777. The summed E-state index contributed by atoms with van der Waals surface area (Å²) in [6.45, 7) is 3.50. The van der Waals surface area contributed by atoms with Gasteiger partial charge >= 0.3 is 0 Å². The minimum absolute atomic E-state index is 0.146. The molecular weight excluding hydrogens is 376 g/mol. The number of rotatable bonds is 6. The first-order chi connectivity index (χ1) is 12.3. The minimum Gasteiger partial charge on any atom is -0.439 e. The Bertz CT molecular complexity index is 1010. The van der Waals surface area contributed by atoms with E-state index in [9.17, 15) is 8.42 Å². The number of hydrogen-bond acceptors (Lipinski definition) is 6. The van der Waals surface area contributed by atoms with Crippen LogP contribution in [0.15, 0.2) is 34.9 Å². The van der Waals surface area contributed by atoms with Gasteiger partial charge in [0.15, 0.2) is 15.6 Å². The smallest absolute Gasteiger partial charge is 0.212 e. The molecule has 0 aliphatic heterocycles. The van der Waals surface area contributed by atoms with Gasteiger partial charge in [-0.05, 0) is 31.2 Å². The molecule has 26 heavy (non-hydrogen) atoms. The number of hydrogen-bond donors (Lipinski definition) is 0. The van der Waals surface area contributed by atoms with Crippen molar-refractivity contribution in [3.05, 3.63) is 53.0 Å². The molecule has 0 saturated heterocycles. The molecule has 0 spiro atoms. The summed E-state index contributed by atoms with van der Waals surface area (Å²) in [5.74, 6) is 1.55. The molecule has 9 heteroatoms. The average Bonchev–Trinajstić information content (AvgIpc) is 3.22. The van der Waals surface area contributed by atoms with Gasteiger partial charge in [0.25, 0.3) is 0 Å². The normalized spacial score (nSPS) is 13.1. The van der Waals surface area contributed by atoms with Gasteiger partial charge in [-0.25, -0.2) is 13.4 Å². The highest BCUT2D eigenvalue weighted by Crippen LogP contribution is 2.29. The van der Waals surface area contributed by atoms with E-state index in [-0.39, 0.29) is 11.6 Å². The zero-order valence-corrected chi connectivity index (χ0v) is 16.3. The Balaban J connectivity index is 1.82. The average molecular weight is 395 g/mol. The number of sulfone groups is 1. The third kappa shape index (κ3) is 3.66. The highest BCUT2D eigenvalue weighted by molar-refractivity contribution is 7.90. The molecule has 7 nitrogen and oxygen atoms in total. The van der Waals surface area contributed by atoms with Gasteiger partial charge in [0, 0.05) is 24.1 Å². The van der Waals surface area contributed by atoms with Crippen LogP contribution in [0.3, 0.4) is 0 Å². The van der Waals surface area contributed by atoms with Gasteiger partial charge in [0.1, 0.15) is 22.7 Å². The van der Waals surface area contributed by atoms with E-state index in [1.54, 1.807) is 42.8 Å².